The summed E-state index contributed by atoms with van der Waals surface area (Å²) in [7, 11) is 0. The number of thioether (sulfide) groups is 1. The largest absolute Gasteiger partial charge is 0.418 e. The number of nitrogens with zero attached hydrogens (tertiary/aromatic N) is 6. The van der Waals surface area contributed by atoms with Crippen molar-refractivity contribution in [3.8, 4) is 5.69 Å². The first kappa shape index (κ1) is 18.4. The molecule has 12 heteroatoms. The van der Waals surface area contributed by atoms with Gasteiger partial charge in [0.15, 0.2) is 11.0 Å². The normalized spacial score (nSPS) is 11.7. The molecule has 0 amide bonds. The van der Waals surface area contributed by atoms with Crippen LogP contribution in [0.15, 0.2) is 29.4 Å². The predicted molar refractivity (Wildman–Crippen MR) is 89.9 cm³/mol. The van der Waals surface area contributed by atoms with Crippen molar-refractivity contribution in [3.63, 3.8) is 0 Å². The van der Waals surface area contributed by atoms with Crippen molar-refractivity contribution in [1.29, 1.82) is 0 Å². The zero-order valence-corrected chi connectivity index (χ0v) is 14.8. The summed E-state index contributed by atoms with van der Waals surface area (Å²) in [5.74, 6) is 0.652. The van der Waals surface area contributed by atoms with Gasteiger partial charge >= 0.3 is 6.18 Å². The van der Waals surface area contributed by atoms with E-state index in [-0.39, 0.29) is 22.3 Å². The van der Waals surface area contributed by atoms with Gasteiger partial charge in [-0.05, 0) is 35.5 Å². The average Bonchev–Trinajstić information content (AvgIpc) is 2.99. The molecule has 0 atom stereocenters. The molecule has 136 valence electrons. The number of nitrogen functional groups attached to an aromatic ring is 1. The van der Waals surface area contributed by atoms with Gasteiger partial charge in [-0.25, -0.2) is 9.97 Å². The molecule has 3 aromatic rings. The summed E-state index contributed by atoms with van der Waals surface area (Å²) >= 11 is 6.86. The Kier molecular flexibility index (Phi) is 5.01. The van der Waals surface area contributed by atoms with E-state index in [2.05, 4.69) is 25.5 Å². The van der Waals surface area contributed by atoms with Gasteiger partial charge in [-0.15, -0.1) is 5.10 Å². The number of aryl methyl sites for hydroxylation is 1. The molecule has 1 aromatic carbocycles. The molecular formula is C14H11ClF3N7S. The van der Waals surface area contributed by atoms with Crippen molar-refractivity contribution in [2.45, 2.75) is 24.0 Å². The smallest absolute Gasteiger partial charge is 0.384 e. The fourth-order valence-corrected chi connectivity index (χ4v) is 3.15. The van der Waals surface area contributed by atoms with Gasteiger partial charge in [-0.2, -0.15) is 17.9 Å². The van der Waals surface area contributed by atoms with Gasteiger partial charge in [0.2, 0.25) is 0 Å². The standard InChI is InChI=1S/C14H11ClF3N7S/c1-7-4-11(19)21-13(20-7)26-6-12-22-23-24-25(12)10-3-2-8(15)5-9(10)14(16,17)18/h2-5H,6H2,1H3,(H2,19,20,21). The third-order valence-corrected chi connectivity index (χ3v) is 4.29. The van der Waals surface area contributed by atoms with Crippen LogP contribution < -0.4 is 5.73 Å². The van der Waals surface area contributed by atoms with Gasteiger partial charge in [0.25, 0.3) is 0 Å². The molecular weight excluding hydrogens is 391 g/mol. The molecule has 0 aliphatic heterocycles. The minimum Gasteiger partial charge on any atom is -0.384 e. The van der Waals surface area contributed by atoms with E-state index in [0.29, 0.717) is 16.7 Å². The second-order valence-electron chi connectivity index (χ2n) is 5.17. The highest BCUT2D eigenvalue weighted by atomic mass is 35.5. The summed E-state index contributed by atoms with van der Waals surface area (Å²) in [5.41, 5.74) is 5.19. The van der Waals surface area contributed by atoms with Crippen molar-refractivity contribution in [2.75, 3.05) is 5.73 Å². The van der Waals surface area contributed by atoms with Crippen LogP contribution >= 0.6 is 23.4 Å². The maximum atomic E-state index is 13.3. The highest BCUT2D eigenvalue weighted by Crippen LogP contribution is 2.35. The van der Waals surface area contributed by atoms with E-state index in [1.807, 2.05) is 0 Å². The number of tetrazole rings is 1. The molecule has 7 nitrogen and oxygen atoms in total. The van der Waals surface area contributed by atoms with Crippen LogP contribution in [0.25, 0.3) is 5.69 Å². The van der Waals surface area contributed by atoms with E-state index >= 15 is 0 Å². The number of benzene rings is 1. The molecule has 0 radical (unpaired) electrons. The summed E-state index contributed by atoms with van der Waals surface area (Å²) in [5, 5.41) is 11.3. The zero-order valence-electron chi connectivity index (χ0n) is 13.2. The average molecular weight is 402 g/mol. The maximum absolute atomic E-state index is 13.3. The lowest BCUT2D eigenvalue weighted by Crippen LogP contribution is -2.13. The molecule has 0 saturated carbocycles. The molecule has 0 saturated heterocycles. The van der Waals surface area contributed by atoms with E-state index in [0.717, 1.165) is 22.5 Å². The summed E-state index contributed by atoms with van der Waals surface area (Å²) in [4.78, 5) is 8.26. The van der Waals surface area contributed by atoms with Crippen LogP contribution in [0.5, 0.6) is 0 Å². The van der Waals surface area contributed by atoms with Crippen molar-refractivity contribution in [2.24, 2.45) is 0 Å². The Morgan fingerprint density at radius 1 is 1.23 bits per heavy atom. The molecule has 0 aliphatic rings. The van der Waals surface area contributed by atoms with Gasteiger partial charge < -0.3 is 5.73 Å². The third-order valence-electron chi connectivity index (χ3n) is 3.21. The number of aromatic nitrogens is 6. The quantitative estimate of drug-likeness (QED) is 0.529. The minimum atomic E-state index is -4.61. The van der Waals surface area contributed by atoms with Gasteiger partial charge in [0.1, 0.15) is 5.82 Å². The van der Waals surface area contributed by atoms with E-state index < -0.39 is 11.7 Å². The van der Waals surface area contributed by atoms with Gasteiger partial charge in [-0.3, -0.25) is 0 Å². The van der Waals surface area contributed by atoms with E-state index in [1.54, 1.807) is 13.0 Å². The molecule has 26 heavy (non-hydrogen) atoms. The molecule has 0 spiro atoms. The van der Waals surface area contributed by atoms with E-state index in [9.17, 15) is 13.2 Å². The fourth-order valence-electron chi connectivity index (χ4n) is 2.16. The van der Waals surface area contributed by atoms with Crippen LogP contribution in [0, 0.1) is 6.92 Å². The zero-order chi connectivity index (χ0) is 18.9. The highest BCUT2D eigenvalue weighted by molar-refractivity contribution is 7.98. The maximum Gasteiger partial charge on any atom is 0.418 e. The molecule has 0 aliphatic carbocycles. The summed E-state index contributed by atoms with van der Waals surface area (Å²) in [6.45, 7) is 1.76. The first-order chi connectivity index (χ1) is 12.2. The predicted octanol–water partition coefficient (Wildman–Crippen LogP) is 3.31. The number of hydrogen-bond acceptors (Lipinski definition) is 7. The number of anilines is 1. The molecule has 0 bridgehead atoms. The lowest BCUT2D eigenvalue weighted by molar-refractivity contribution is -0.137. The van der Waals surface area contributed by atoms with Crippen molar-refractivity contribution in [1.82, 2.24) is 30.2 Å². The molecule has 2 N–H and O–H groups in total. The third kappa shape index (κ3) is 4.05. The van der Waals surface area contributed by atoms with Crippen molar-refractivity contribution >= 4 is 29.2 Å². The minimum absolute atomic E-state index is 0.0336. The number of hydrogen-bond donors (Lipinski definition) is 1. The lowest BCUT2D eigenvalue weighted by atomic mass is 10.1. The number of rotatable bonds is 4. The topological polar surface area (TPSA) is 95.4 Å². The first-order valence-corrected chi connectivity index (χ1v) is 8.49. The highest BCUT2D eigenvalue weighted by Gasteiger charge is 2.35. The second-order valence-corrected chi connectivity index (χ2v) is 6.55. The second kappa shape index (κ2) is 7.08. The molecule has 3 rings (SSSR count). The molecule has 0 fully saturated rings. The molecule has 2 aromatic heterocycles. The number of nitrogens with two attached hydrogens (primary N) is 1. The monoisotopic (exact) mass is 401 g/mol. The Labute approximate surface area is 154 Å². The van der Waals surface area contributed by atoms with Crippen LogP contribution in [-0.2, 0) is 11.9 Å². The van der Waals surface area contributed by atoms with Crippen molar-refractivity contribution in [3.05, 3.63) is 46.4 Å². The number of alkyl halides is 3. The summed E-state index contributed by atoms with van der Waals surface area (Å²) < 4.78 is 41.0. The molecule has 2 heterocycles. The number of halogens is 4. The van der Waals surface area contributed by atoms with Gasteiger partial charge in [0.05, 0.1) is 17.0 Å². The van der Waals surface area contributed by atoms with E-state index in [1.165, 1.54) is 12.1 Å². The Morgan fingerprint density at radius 3 is 2.69 bits per heavy atom. The summed E-state index contributed by atoms with van der Waals surface area (Å²) in [6.07, 6.45) is -4.61. The lowest BCUT2D eigenvalue weighted by Gasteiger charge is -2.13. The Balaban J connectivity index is 1.92. The van der Waals surface area contributed by atoms with Crippen LogP contribution in [-0.4, -0.2) is 30.2 Å². The summed E-state index contributed by atoms with van der Waals surface area (Å²) in [6, 6.07) is 5.00. The van der Waals surface area contributed by atoms with Crippen LogP contribution in [0.4, 0.5) is 19.0 Å². The Morgan fingerprint density at radius 2 is 2.00 bits per heavy atom. The van der Waals surface area contributed by atoms with Crippen LogP contribution in [0.3, 0.4) is 0 Å². The van der Waals surface area contributed by atoms with Crippen LogP contribution in [0.1, 0.15) is 17.1 Å². The van der Waals surface area contributed by atoms with Gasteiger partial charge in [-0.1, -0.05) is 23.4 Å². The fraction of sp³-hybridized carbons (Fsp3) is 0.214. The molecule has 0 unspecified atom stereocenters. The van der Waals surface area contributed by atoms with Crippen LogP contribution in [0.2, 0.25) is 5.02 Å². The Bertz CT molecular complexity index is 924. The Hall–Kier alpha value is -2.40. The van der Waals surface area contributed by atoms with E-state index in [4.69, 9.17) is 17.3 Å². The first-order valence-electron chi connectivity index (χ1n) is 7.12. The van der Waals surface area contributed by atoms with Gasteiger partial charge in [0, 0.05) is 16.8 Å². The van der Waals surface area contributed by atoms with Crippen molar-refractivity contribution < 1.29 is 13.2 Å². The SMILES string of the molecule is Cc1cc(N)nc(SCc2nnnn2-c2ccc(Cl)cc2C(F)(F)F)n1.